The van der Waals surface area contributed by atoms with Crippen molar-refractivity contribution >= 4 is 23.5 Å². The molecule has 162 valence electrons. The number of cyclic esters (lactones) is 1. The Morgan fingerprint density at radius 1 is 0.938 bits per heavy atom. The summed E-state index contributed by atoms with van der Waals surface area (Å²) in [6.45, 7) is 2.05. The number of amides is 2. The zero-order chi connectivity index (χ0) is 22.6. The molecule has 0 bridgehead atoms. The van der Waals surface area contributed by atoms with E-state index < -0.39 is 17.5 Å². The monoisotopic (exact) mass is 428 g/mol. The van der Waals surface area contributed by atoms with Crippen molar-refractivity contribution in [3.63, 3.8) is 0 Å². The second-order valence-electron chi connectivity index (χ2n) is 7.95. The van der Waals surface area contributed by atoms with Crippen LogP contribution in [-0.4, -0.2) is 29.9 Å². The first kappa shape index (κ1) is 21.3. The number of hydrogen-bond acceptors (Lipinski definition) is 4. The Labute approximate surface area is 186 Å². The average molecular weight is 428 g/mol. The minimum absolute atomic E-state index is 0.256. The molecule has 0 saturated heterocycles. The van der Waals surface area contributed by atoms with Gasteiger partial charge in [-0.25, -0.2) is 4.79 Å². The highest BCUT2D eigenvalue weighted by molar-refractivity contribution is 6.07. The summed E-state index contributed by atoms with van der Waals surface area (Å²) in [6, 6.07) is 23.7. The van der Waals surface area contributed by atoms with E-state index in [1.54, 1.807) is 43.3 Å². The van der Waals surface area contributed by atoms with E-state index in [0.717, 1.165) is 11.1 Å². The maximum atomic E-state index is 13.1. The van der Waals surface area contributed by atoms with Gasteiger partial charge in [-0.3, -0.25) is 9.59 Å². The van der Waals surface area contributed by atoms with Gasteiger partial charge in [-0.15, -0.1) is 0 Å². The molecule has 6 nitrogen and oxygen atoms in total. The third kappa shape index (κ3) is 4.54. The predicted molar refractivity (Wildman–Crippen MR) is 122 cm³/mol. The summed E-state index contributed by atoms with van der Waals surface area (Å²) in [5.41, 5.74) is 1.69. The van der Waals surface area contributed by atoms with Crippen LogP contribution in [0.3, 0.4) is 0 Å². The zero-order valence-corrected chi connectivity index (χ0v) is 17.8. The van der Waals surface area contributed by atoms with Gasteiger partial charge in [0.05, 0.1) is 16.8 Å². The fourth-order valence-electron chi connectivity index (χ4n) is 3.76. The SMILES string of the molecule is CC1(C(=O)Nc2ccccc2C(=O)NCCc2ccccc2)Cc2ccccc2C(=O)O1. The molecule has 1 atom stereocenters. The van der Waals surface area contributed by atoms with Crippen molar-refractivity contribution in [2.24, 2.45) is 0 Å². The summed E-state index contributed by atoms with van der Waals surface area (Å²) < 4.78 is 5.50. The lowest BCUT2D eigenvalue weighted by Crippen LogP contribution is -2.49. The van der Waals surface area contributed by atoms with E-state index in [1.807, 2.05) is 42.5 Å². The first-order valence-electron chi connectivity index (χ1n) is 10.5. The van der Waals surface area contributed by atoms with Crippen molar-refractivity contribution in [3.8, 4) is 0 Å². The summed E-state index contributed by atoms with van der Waals surface area (Å²) in [6.07, 6.45) is 0.959. The summed E-state index contributed by atoms with van der Waals surface area (Å²) in [4.78, 5) is 38.3. The van der Waals surface area contributed by atoms with Crippen molar-refractivity contribution in [1.29, 1.82) is 0 Å². The van der Waals surface area contributed by atoms with Crippen molar-refractivity contribution in [3.05, 3.63) is 101 Å². The van der Waals surface area contributed by atoms with E-state index in [-0.39, 0.29) is 12.3 Å². The Morgan fingerprint density at radius 2 is 1.62 bits per heavy atom. The van der Waals surface area contributed by atoms with E-state index in [0.29, 0.717) is 29.8 Å². The van der Waals surface area contributed by atoms with Crippen LogP contribution in [0.25, 0.3) is 0 Å². The molecule has 1 unspecified atom stereocenters. The van der Waals surface area contributed by atoms with Crippen LogP contribution in [0.1, 0.15) is 38.8 Å². The largest absolute Gasteiger partial charge is 0.445 e. The van der Waals surface area contributed by atoms with Crippen LogP contribution in [0.4, 0.5) is 5.69 Å². The number of carbonyl (C=O) groups is 3. The number of benzene rings is 3. The molecule has 1 aliphatic heterocycles. The molecule has 1 aliphatic rings. The van der Waals surface area contributed by atoms with Crippen LogP contribution in [-0.2, 0) is 22.4 Å². The van der Waals surface area contributed by atoms with Gasteiger partial charge >= 0.3 is 5.97 Å². The third-order valence-electron chi connectivity index (χ3n) is 5.53. The van der Waals surface area contributed by atoms with Crippen LogP contribution in [0, 0.1) is 0 Å². The molecule has 3 aromatic carbocycles. The average Bonchev–Trinajstić information content (AvgIpc) is 2.80. The Morgan fingerprint density at radius 3 is 2.44 bits per heavy atom. The second-order valence-corrected chi connectivity index (χ2v) is 7.95. The Bertz CT molecular complexity index is 1160. The number of rotatable bonds is 6. The molecule has 4 rings (SSSR count). The molecule has 6 heteroatoms. The van der Waals surface area contributed by atoms with Crippen molar-refractivity contribution in [1.82, 2.24) is 5.32 Å². The number of fused-ring (bicyclic) bond motifs is 1. The van der Waals surface area contributed by atoms with Crippen molar-refractivity contribution < 1.29 is 19.1 Å². The Hall–Kier alpha value is -3.93. The number of nitrogens with one attached hydrogen (secondary N) is 2. The van der Waals surface area contributed by atoms with Crippen molar-refractivity contribution in [2.45, 2.75) is 25.4 Å². The number of esters is 1. The van der Waals surface area contributed by atoms with Crippen molar-refractivity contribution in [2.75, 3.05) is 11.9 Å². The van der Waals surface area contributed by atoms with Gasteiger partial charge in [0.2, 0.25) is 0 Å². The molecule has 0 spiro atoms. The molecule has 0 aromatic heterocycles. The standard InChI is InChI=1S/C26H24N2O4/c1-26(17-19-11-5-6-12-20(19)24(30)32-26)25(31)28-22-14-8-7-13-21(22)23(29)27-16-15-18-9-3-2-4-10-18/h2-14H,15-17H2,1H3,(H,27,29)(H,28,31). The highest BCUT2D eigenvalue weighted by atomic mass is 16.6. The van der Waals surface area contributed by atoms with E-state index in [4.69, 9.17) is 4.74 Å². The van der Waals surface area contributed by atoms with Gasteiger partial charge in [-0.1, -0.05) is 60.7 Å². The van der Waals surface area contributed by atoms with E-state index in [2.05, 4.69) is 10.6 Å². The first-order chi connectivity index (χ1) is 15.5. The summed E-state index contributed by atoms with van der Waals surface area (Å²) in [7, 11) is 0. The minimum Gasteiger partial charge on any atom is -0.445 e. The summed E-state index contributed by atoms with van der Waals surface area (Å²) in [5, 5.41) is 5.68. The van der Waals surface area contributed by atoms with E-state index in [1.165, 1.54) is 0 Å². The van der Waals surface area contributed by atoms with Gasteiger partial charge in [0.25, 0.3) is 11.8 Å². The summed E-state index contributed by atoms with van der Waals surface area (Å²) in [5.74, 6) is -1.30. The van der Waals surface area contributed by atoms with Gasteiger partial charge in [0.1, 0.15) is 0 Å². The van der Waals surface area contributed by atoms with Gasteiger partial charge in [0, 0.05) is 13.0 Å². The van der Waals surface area contributed by atoms with Gasteiger partial charge in [0.15, 0.2) is 5.60 Å². The zero-order valence-electron chi connectivity index (χ0n) is 17.8. The fraction of sp³-hybridized carbons (Fsp3) is 0.192. The molecule has 1 heterocycles. The lowest BCUT2D eigenvalue weighted by Gasteiger charge is -2.33. The van der Waals surface area contributed by atoms with Crippen LogP contribution in [0.5, 0.6) is 0 Å². The maximum Gasteiger partial charge on any atom is 0.339 e. The van der Waals surface area contributed by atoms with E-state index >= 15 is 0 Å². The number of anilines is 1. The Balaban J connectivity index is 1.45. The molecular weight excluding hydrogens is 404 g/mol. The smallest absolute Gasteiger partial charge is 0.339 e. The first-order valence-corrected chi connectivity index (χ1v) is 10.5. The highest BCUT2D eigenvalue weighted by Crippen LogP contribution is 2.29. The predicted octanol–water partition coefficient (Wildman–Crippen LogP) is 3.77. The van der Waals surface area contributed by atoms with Crippen LogP contribution in [0.2, 0.25) is 0 Å². The molecule has 2 N–H and O–H groups in total. The molecule has 0 fully saturated rings. The summed E-state index contributed by atoms with van der Waals surface area (Å²) >= 11 is 0. The van der Waals surface area contributed by atoms with Crippen LogP contribution >= 0.6 is 0 Å². The lowest BCUT2D eigenvalue weighted by atomic mass is 9.89. The molecule has 32 heavy (non-hydrogen) atoms. The van der Waals surface area contributed by atoms with Gasteiger partial charge in [-0.2, -0.15) is 0 Å². The quantitative estimate of drug-likeness (QED) is 0.586. The molecule has 2 amide bonds. The third-order valence-corrected chi connectivity index (χ3v) is 5.53. The fourth-order valence-corrected chi connectivity index (χ4v) is 3.76. The van der Waals surface area contributed by atoms with Gasteiger partial charge < -0.3 is 15.4 Å². The van der Waals surface area contributed by atoms with E-state index in [9.17, 15) is 14.4 Å². The molecular formula is C26H24N2O4. The molecule has 0 aliphatic carbocycles. The number of ether oxygens (including phenoxy) is 1. The lowest BCUT2D eigenvalue weighted by molar-refractivity contribution is -0.134. The normalized spacial score (nSPS) is 17.1. The molecule has 0 radical (unpaired) electrons. The van der Waals surface area contributed by atoms with Crippen LogP contribution < -0.4 is 10.6 Å². The number of hydrogen-bond donors (Lipinski definition) is 2. The number of carbonyl (C=O) groups excluding carboxylic acids is 3. The maximum absolute atomic E-state index is 13.1. The van der Waals surface area contributed by atoms with Gasteiger partial charge in [-0.05, 0) is 42.7 Å². The molecule has 3 aromatic rings. The highest BCUT2D eigenvalue weighted by Gasteiger charge is 2.42. The number of para-hydroxylation sites is 1. The minimum atomic E-state index is -1.37. The van der Waals surface area contributed by atoms with Crippen LogP contribution in [0.15, 0.2) is 78.9 Å². The second kappa shape index (κ2) is 9.06. The topological polar surface area (TPSA) is 84.5 Å². The Kier molecular flexibility index (Phi) is 6.03. The molecule has 0 saturated carbocycles.